The van der Waals surface area contributed by atoms with Gasteiger partial charge < -0.3 is 5.11 Å². The lowest BCUT2D eigenvalue weighted by Gasteiger charge is -2.09. The minimum Gasteiger partial charge on any atom is -0.508 e. The molecular weight excluding hydrogens is 288 g/mol. The molecule has 3 aromatic heterocycles. The Morgan fingerprint density at radius 1 is 1.04 bits per heavy atom. The Morgan fingerprint density at radius 3 is 2.70 bits per heavy atom. The molecule has 0 aliphatic carbocycles. The van der Waals surface area contributed by atoms with Crippen LogP contribution in [0.4, 0.5) is 0 Å². The summed E-state index contributed by atoms with van der Waals surface area (Å²) in [4.78, 5) is 9.12. The second-order valence-electron chi connectivity index (χ2n) is 5.37. The highest BCUT2D eigenvalue weighted by Gasteiger charge is 2.11. The smallest absolute Gasteiger partial charge is 0.117 e. The number of nitrogens with zero attached hydrogens (tertiary/aromatic N) is 4. The topological polar surface area (TPSA) is 63.8 Å². The van der Waals surface area contributed by atoms with Crippen molar-refractivity contribution in [3.8, 4) is 28.3 Å². The summed E-state index contributed by atoms with van der Waals surface area (Å²) in [5, 5.41) is 14.9. The highest BCUT2D eigenvalue weighted by molar-refractivity contribution is 5.96. The maximum atomic E-state index is 9.79. The zero-order chi connectivity index (χ0) is 15.8. The third kappa shape index (κ3) is 2.42. The molecule has 4 aromatic rings. The van der Waals surface area contributed by atoms with Crippen molar-refractivity contribution < 1.29 is 5.11 Å². The molecule has 5 heteroatoms. The van der Waals surface area contributed by atoms with Gasteiger partial charge >= 0.3 is 0 Å². The molecule has 1 N–H and O–H groups in total. The van der Waals surface area contributed by atoms with Crippen molar-refractivity contribution in [2.75, 3.05) is 0 Å². The fraction of sp³-hybridized carbons (Fsp3) is 0.0556. The van der Waals surface area contributed by atoms with Crippen LogP contribution < -0.4 is 0 Å². The van der Waals surface area contributed by atoms with Crippen molar-refractivity contribution in [2.45, 2.75) is 0 Å². The number of hydrogen-bond acceptors (Lipinski definition) is 4. The Hall–Kier alpha value is -3.21. The molecule has 0 unspecified atom stereocenters. The van der Waals surface area contributed by atoms with Gasteiger partial charge in [-0.05, 0) is 30.3 Å². The van der Waals surface area contributed by atoms with E-state index in [2.05, 4.69) is 15.1 Å². The van der Waals surface area contributed by atoms with Gasteiger partial charge in [0, 0.05) is 42.0 Å². The van der Waals surface area contributed by atoms with Crippen LogP contribution in [0.25, 0.3) is 33.4 Å². The molecule has 4 rings (SSSR count). The predicted octanol–water partition coefficient (Wildman–Crippen LogP) is 3.40. The molecule has 1 aromatic carbocycles. The molecule has 0 amide bonds. The summed E-state index contributed by atoms with van der Waals surface area (Å²) in [6.07, 6.45) is 5.46. The Morgan fingerprint density at radius 2 is 1.96 bits per heavy atom. The largest absolute Gasteiger partial charge is 0.508 e. The van der Waals surface area contributed by atoms with Gasteiger partial charge in [-0.2, -0.15) is 5.10 Å². The van der Waals surface area contributed by atoms with E-state index in [0.29, 0.717) is 0 Å². The summed E-state index contributed by atoms with van der Waals surface area (Å²) < 4.78 is 1.74. The van der Waals surface area contributed by atoms with Crippen LogP contribution in [-0.4, -0.2) is 24.9 Å². The first-order valence-corrected chi connectivity index (χ1v) is 7.25. The van der Waals surface area contributed by atoms with Crippen LogP contribution in [0, 0.1) is 0 Å². The van der Waals surface area contributed by atoms with E-state index >= 15 is 0 Å². The van der Waals surface area contributed by atoms with E-state index in [-0.39, 0.29) is 5.75 Å². The third-order valence-corrected chi connectivity index (χ3v) is 3.73. The molecule has 5 nitrogen and oxygen atoms in total. The average molecular weight is 302 g/mol. The maximum Gasteiger partial charge on any atom is 0.117 e. The number of phenols is 1. The van der Waals surface area contributed by atoms with Crippen molar-refractivity contribution in [3.63, 3.8) is 0 Å². The van der Waals surface area contributed by atoms with E-state index in [0.717, 1.165) is 33.4 Å². The standard InChI is InChI=1S/C18H14N4O/c1-22-11-12(10-20-22)17-9-15(16-4-2-3-7-19-16)14-6-5-13(23)8-18(14)21-17/h2-11,23H,1H3. The minimum atomic E-state index is 0.195. The van der Waals surface area contributed by atoms with Crippen LogP contribution in [0.5, 0.6) is 5.75 Å². The monoisotopic (exact) mass is 302 g/mol. The van der Waals surface area contributed by atoms with Crippen molar-refractivity contribution in [2.24, 2.45) is 7.05 Å². The molecule has 0 atom stereocenters. The van der Waals surface area contributed by atoms with Gasteiger partial charge in [0.05, 0.1) is 23.1 Å². The van der Waals surface area contributed by atoms with Gasteiger partial charge in [0.2, 0.25) is 0 Å². The van der Waals surface area contributed by atoms with E-state index in [1.54, 1.807) is 29.2 Å². The van der Waals surface area contributed by atoms with E-state index < -0.39 is 0 Å². The Balaban J connectivity index is 2.03. The van der Waals surface area contributed by atoms with Crippen LogP contribution in [-0.2, 0) is 7.05 Å². The van der Waals surface area contributed by atoms with Crippen LogP contribution in [0.2, 0.25) is 0 Å². The Labute approximate surface area is 132 Å². The van der Waals surface area contributed by atoms with Crippen molar-refractivity contribution in [3.05, 3.63) is 61.1 Å². The fourth-order valence-corrected chi connectivity index (χ4v) is 2.65. The number of phenolic OH excluding ortho intramolecular Hbond substituents is 1. The van der Waals surface area contributed by atoms with Crippen molar-refractivity contribution in [1.82, 2.24) is 19.7 Å². The van der Waals surface area contributed by atoms with Gasteiger partial charge in [-0.15, -0.1) is 0 Å². The zero-order valence-electron chi connectivity index (χ0n) is 12.5. The van der Waals surface area contributed by atoms with Gasteiger partial charge in [-0.1, -0.05) is 6.07 Å². The molecule has 112 valence electrons. The van der Waals surface area contributed by atoms with Gasteiger partial charge in [0.25, 0.3) is 0 Å². The number of aromatic hydroxyl groups is 1. The molecule has 0 saturated heterocycles. The SMILES string of the molecule is Cn1cc(-c2cc(-c3ccccn3)c3ccc(O)cc3n2)cn1. The van der Waals surface area contributed by atoms with E-state index in [1.807, 2.05) is 43.6 Å². The number of aromatic nitrogens is 4. The summed E-state index contributed by atoms with van der Waals surface area (Å²) in [6.45, 7) is 0. The lowest BCUT2D eigenvalue weighted by atomic mass is 10.0. The number of pyridine rings is 2. The number of fused-ring (bicyclic) bond motifs is 1. The summed E-state index contributed by atoms with van der Waals surface area (Å²) in [7, 11) is 1.87. The molecule has 0 fully saturated rings. The molecule has 3 heterocycles. The molecule has 23 heavy (non-hydrogen) atoms. The second kappa shape index (κ2) is 5.21. The van der Waals surface area contributed by atoms with Crippen molar-refractivity contribution in [1.29, 1.82) is 0 Å². The summed E-state index contributed by atoms with van der Waals surface area (Å²) >= 11 is 0. The first-order chi connectivity index (χ1) is 11.2. The highest BCUT2D eigenvalue weighted by atomic mass is 16.3. The van der Waals surface area contributed by atoms with E-state index in [1.165, 1.54) is 0 Å². The normalized spacial score (nSPS) is 11.0. The van der Waals surface area contributed by atoms with Gasteiger partial charge in [-0.25, -0.2) is 4.98 Å². The van der Waals surface area contributed by atoms with Crippen LogP contribution >= 0.6 is 0 Å². The maximum absolute atomic E-state index is 9.79. The molecule has 0 aliphatic heterocycles. The quantitative estimate of drug-likeness (QED) is 0.616. The van der Waals surface area contributed by atoms with Gasteiger partial charge in [0.1, 0.15) is 5.75 Å². The molecule has 0 saturated carbocycles. The molecule has 0 bridgehead atoms. The van der Waals surface area contributed by atoms with E-state index in [9.17, 15) is 5.11 Å². The number of aryl methyl sites for hydroxylation is 1. The van der Waals surface area contributed by atoms with Crippen LogP contribution in [0.15, 0.2) is 61.1 Å². The Bertz CT molecular complexity index is 993. The first-order valence-electron chi connectivity index (χ1n) is 7.25. The average Bonchev–Trinajstić information content (AvgIpc) is 3.01. The lowest BCUT2D eigenvalue weighted by Crippen LogP contribution is -1.91. The van der Waals surface area contributed by atoms with Gasteiger partial charge in [-0.3, -0.25) is 9.67 Å². The molecule has 0 spiro atoms. The first kappa shape index (κ1) is 13.5. The molecule has 0 radical (unpaired) electrons. The minimum absolute atomic E-state index is 0.195. The number of benzene rings is 1. The van der Waals surface area contributed by atoms with Crippen LogP contribution in [0.1, 0.15) is 0 Å². The van der Waals surface area contributed by atoms with Crippen molar-refractivity contribution >= 4 is 10.9 Å². The molecule has 0 aliphatic rings. The summed E-state index contributed by atoms with van der Waals surface area (Å²) in [5.41, 5.74) is 4.31. The highest BCUT2D eigenvalue weighted by Crippen LogP contribution is 2.32. The number of rotatable bonds is 2. The number of hydrogen-bond donors (Lipinski definition) is 1. The summed E-state index contributed by atoms with van der Waals surface area (Å²) in [6, 6.07) is 13.0. The molecular formula is C18H14N4O. The zero-order valence-corrected chi connectivity index (χ0v) is 12.5. The second-order valence-corrected chi connectivity index (χ2v) is 5.37. The Kier molecular flexibility index (Phi) is 3.05. The lowest BCUT2D eigenvalue weighted by molar-refractivity contribution is 0.476. The van der Waals surface area contributed by atoms with E-state index in [4.69, 9.17) is 0 Å². The van der Waals surface area contributed by atoms with Gasteiger partial charge in [0.15, 0.2) is 0 Å². The third-order valence-electron chi connectivity index (χ3n) is 3.73. The predicted molar refractivity (Wildman–Crippen MR) is 88.8 cm³/mol. The summed E-state index contributed by atoms with van der Waals surface area (Å²) in [5.74, 6) is 0.195. The van der Waals surface area contributed by atoms with Crippen LogP contribution in [0.3, 0.4) is 0 Å². The fourth-order valence-electron chi connectivity index (χ4n) is 2.65.